The van der Waals surface area contributed by atoms with Crippen LogP contribution in [0.1, 0.15) is 48.7 Å². The molecular formula is C22H29FN6O2. The number of nitrogens with zero attached hydrogens (tertiary/aromatic N) is 5. The van der Waals surface area contributed by atoms with E-state index in [0.29, 0.717) is 25.7 Å². The first-order chi connectivity index (χ1) is 15.2. The van der Waals surface area contributed by atoms with Crippen molar-refractivity contribution in [3.05, 3.63) is 47.0 Å². The van der Waals surface area contributed by atoms with Gasteiger partial charge in [-0.25, -0.2) is 13.9 Å². The Labute approximate surface area is 181 Å². The lowest BCUT2D eigenvalue weighted by atomic mass is 10.1. The summed E-state index contributed by atoms with van der Waals surface area (Å²) in [5.41, 5.74) is 2.71. The lowest BCUT2D eigenvalue weighted by Crippen LogP contribution is -2.53. The molecule has 0 spiro atoms. The van der Waals surface area contributed by atoms with Gasteiger partial charge in [0, 0.05) is 38.8 Å². The minimum atomic E-state index is -0.262. The number of amides is 2. The quantitative estimate of drug-likeness (QED) is 0.810. The summed E-state index contributed by atoms with van der Waals surface area (Å²) in [4.78, 5) is 16.7. The summed E-state index contributed by atoms with van der Waals surface area (Å²) >= 11 is 0. The van der Waals surface area contributed by atoms with Gasteiger partial charge in [-0.05, 0) is 30.5 Å². The average Bonchev–Trinajstić information content (AvgIpc) is 3.44. The number of hydrogen-bond donors (Lipinski definition) is 1. The lowest BCUT2D eigenvalue weighted by Gasteiger charge is -2.35. The number of benzene rings is 1. The second-order valence-electron chi connectivity index (χ2n) is 8.71. The molecule has 3 aliphatic rings. The number of aromatic nitrogens is 3. The minimum absolute atomic E-state index is 0.0735. The molecule has 1 N–H and O–H groups in total. The van der Waals surface area contributed by atoms with Crippen LogP contribution in [0.25, 0.3) is 0 Å². The second-order valence-corrected chi connectivity index (χ2v) is 8.71. The Morgan fingerprint density at radius 3 is 2.77 bits per heavy atom. The van der Waals surface area contributed by atoms with Crippen LogP contribution in [0.2, 0.25) is 0 Å². The molecule has 1 aromatic carbocycles. The number of carbonyl (C=O) groups is 1. The molecule has 1 saturated carbocycles. The monoisotopic (exact) mass is 428 g/mol. The Balaban J connectivity index is 1.14. The molecule has 2 aliphatic heterocycles. The Bertz CT molecular complexity index is 920. The highest BCUT2D eigenvalue weighted by Crippen LogP contribution is 2.27. The zero-order chi connectivity index (χ0) is 21.2. The van der Waals surface area contributed by atoms with Gasteiger partial charge in [0.05, 0.1) is 18.8 Å². The Morgan fingerprint density at radius 1 is 1.19 bits per heavy atom. The number of carbonyl (C=O) groups excluding carboxylic acids is 1. The van der Waals surface area contributed by atoms with E-state index in [0.717, 1.165) is 56.0 Å². The van der Waals surface area contributed by atoms with Crippen molar-refractivity contribution in [2.24, 2.45) is 0 Å². The molecule has 5 rings (SSSR count). The summed E-state index contributed by atoms with van der Waals surface area (Å²) in [5.74, 6) is -0.262. The van der Waals surface area contributed by atoms with Crippen LogP contribution >= 0.6 is 0 Å². The maximum atomic E-state index is 13.5. The van der Waals surface area contributed by atoms with E-state index in [4.69, 9.17) is 4.74 Å². The zero-order valence-electron chi connectivity index (χ0n) is 17.7. The standard InChI is InChI=1S/C22H29FN6O2/c23-17-5-3-4-16(12-17)21-14-29-20(15-31-21)19(25-26-29)13-27-8-10-28(11-9-27)22(30)24-18-6-1-2-7-18/h3-5,12,18,21H,1-2,6-11,13-15H2,(H,24,30)/t21-/m0/s1. The van der Waals surface area contributed by atoms with Gasteiger partial charge in [-0.2, -0.15) is 0 Å². The summed E-state index contributed by atoms with van der Waals surface area (Å²) in [5, 5.41) is 11.9. The van der Waals surface area contributed by atoms with Crippen LogP contribution in [-0.4, -0.2) is 63.0 Å². The topological polar surface area (TPSA) is 75.5 Å². The van der Waals surface area contributed by atoms with E-state index in [2.05, 4.69) is 20.5 Å². The second kappa shape index (κ2) is 8.92. The molecule has 1 aliphatic carbocycles. The Hall–Kier alpha value is -2.52. The summed E-state index contributed by atoms with van der Waals surface area (Å²) in [7, 11) is 0. The molecule has 1 atom stereocenters. The van der Waals surface area contributed by atoms with Crippen molar-refractivity contribution in [2.75, 3.05) is 26.2 Å². The van der Waals surface area contributed by atoms with Crippen molar-refractivity contribution in [3.8, 4) is 0 Å². The zero-order valence-corrected chi connectivity index (χ0v) is 17.7. The molecule has 166 valence electrons. The van der Waals surface area contributed by atoms with E-state index in [1.165, 1.54) is 25.0 Å². The van der Waals surface area contributed by atoms with Crippen LogP contribution in [0.4, 0.5) is 9.18 Å². The highest BCUT2D eigenvalue weighted by Gasteiger charge is 2.28. The van der Waals surface area contributed by atoms with E-state index in [1.807, 2.05) is 15.6 Å². The fourth-order valence-corrected chi connectivity index (χ4v) is 4.75. The van der Waals surface area contributed by atoms with Crippen molar-refractivity contribution in [2.45, 2.75) is 57.5 Å². The van der Waals surface area contributed by atoms with Crippen LogP contribution in [-0.2, 0) is 24.4 Å². The molecule has 0 bridgehead atoms. The molecule has 9 heteroatoms. The van der Waals surface area contributed by atoms with Gasteiger partial charge in [0.15, 0.2) is 0 Å². The molecular weight excluding hydrogens is 399 g/mol. The number of nitrogens with one attached hydrogen (secondary N) is 1. The van der Waals surface area contributed by atoms with E-state index in [9.17, 15) is 9.18 Å². The SMILES string of the molecule is O=C(NC1CCCC1)N1CCN(Cc2nnn3c2CO[C@H](c2cccc(F)c2)C3)CC1. The first kappa shape index (κ1) is 20.4. The number of fused-ring (bicyclic) bond motifs is 1. The van der Waals surface area contributed by atoms with Crippen LogP contribution in [0.3, 0.4) is 0 Å². The van der Waals surface area contributed by atoms with Gasteiger partial charge in [-0.15, -0.1) is 5.10 Å². The molecule has 1 aromatic heterocycles. The third kappa shape index (κ3) is 4.57. The molecule has 2 amide bonds. The Kier molecular flexibility index (Phi) is 5.87. The maximum Gasteiger partial charge on any atom is 0.317 e. The largest absolute Gasteiger partial charge is 0.365 e. The van der Waals surface area contributed by atoms with Gasteiger partial charge >= 0.3 is 6.03 Å². The van der Waals surface area contributed by atoms with Gasteiger partial charge in [-0.3, -0.25) is 4.90 Å². The number of urea groups is 1. The van der Waals surface area contributed by atoms with E-state index in [1.54, 1.807) is 6.07 Å². The predicted octanol–water partition coefficient (Wildman–Crippen LogP) is 2.46. The highest BCUT2D eigenvalue weighted by atomic mass is 19.1. The third-order valence-corrected chi connectivity index (χ3v) is 6.61. The first-order valence-corrected chi connectivity index (χ1v) is 11.2. The number of ether oxygens (including phenoxy) is 1. The van der Waals surface area contributed by atoms with Crippen molar-refractivity contribution in [3.63, 3.8) is 0 Å². The summed E-state index contributed by atoms with van der Waals surface area (Å²) < 4.78 is 21.4. The van der Waals surface area contributed by atoms with Gasteiger partial charge in [0.1, 0.15) is 17.6 Å². The van der Waals surface area contributed by atoms with E-state index < -0.39 is 0 Å². The predicted molar refractivity (Wildman–Crippen MR) is 112 cm³/mol. The molecule has 8 nitrogen and oxygen atoms in total. The van der Waals surface area contributed by atoms with Gasteiger partial charge in [-0.1, -0.05) is 30.2 Å². The minimum Gasteiger partial charge on any atom is -0.365 e. The van der Waals surface area contributed by atoms with Crippen molar-refractivity contribution >= 4 is 6.03 Å². The number of hydrogen-bond acceptors (Lipinski definition) is 5. The smallest absolute Gasteiger partial charge is 0.317 e. The van der Waals surface area contributed by atoms with Gasteiger partial charge in [0.2, 0.25) is 0 Å². The summed E-state index contributed by atoms with van der Waals surface area (Å²) in [6.07, 6.45) is 4.42. The summed E-state index contributed by atoms with van der Waals surface area (Å²) in [6, 6.07) is 6.94. The van der Waals surface area contributed by atoms with E-state index in [-0.39, 0.29) is 18.0 Å². The van der Waals surface area contributed by atoms with E-state index >= 15 is 0 Å². The molecule has 1 saturated heterocycles. The van der Waals surface area contributed by atoms with Crippen molar-refractivity contribution in [1.82, 2.24) is 30.1 Å². The van der Waals surface area contributed by atoms with Gasteiger partial charge < -0.3 is 15.0 Å². The van der Waals surface area contributed by atoms with Crippen molar-refractivity contribution in [1.29, 1.82) is 0 Å². The van der Waals surface area contributed by atoms with Crippen LogP contribution in [0.5, 0.6) is 0 Å². The molecule has 0 unspecified atom stereocenters. The molecule has 31 heavy (non-hydrogen) atoms. The average molecular weight is 429 g/mol. The fraction of sp³-hybridized carbons (Fsp3) is 0.591. The summed E-state index contributed by atoms with van der Waals surface area (Å²) in [6.45, 7) is 4.71. The molecule has 2 aromatic rings. The molecule has 2 fully saturated rings. The molecule has 3 heterocycles. The number of piperazine rings is 1. The van der Waals surface area contributed by atoms with Gasteiger partial charge in [0.25, 0.3) is 0 Å². The normalized spacial score (nSPS) is 22.5. The first-order valence-electron chi connectivity index (χ1n) is 11.2. The maximum absolute atomic E-state index is 13.5. The third-order valence-electron chi connectivity index (χ3n) is 6.61. The number of rotatable bonds is 4. The molecule has 0 radical (unpaired) electrons. The van der Waals surface area contributed by atoms with Crippen LogP contribution < -0.4 is 5.32 Å². The fourth-order valence-electron chi connectivity index (χ4n) is 4.75. The Morgan fingerprint density at radius 2 is 2.00 bits per heavy atom. The van der Waals surface area contributed by atoms with Crippen LogP contribution in [0, 0.1) is 5.82 Å². The van der Waals surface area contributed by atoms with Crippen LogP contribution in [0.15, 0.2) is 24.3 Å². The highest BCUT2D eigenvalue weighted by molar-refractivity contribution is 5.74. The lowest BCUT2D eigenvalue weighted by molar-refractivity contribution is -0.00234. The van der Waals surface area contributed by atoms with Crippen molar-refractivity contribution < 1.29 is 13.9 Å². The number of halogens is 1.